The van der Waals surface area contributed by atoms with Crippen molar-refractivity contribution in [2.75, 3.05) is 5.32 Å². The van der Waals surface area contributed by atoms with E-state index in [2.05, 4.69) is 15.4 Å². The third-order valence-corrected chi connectivity index (χ3v) is 7.83. The van der Waals surface area contributed by atoms with E-state index >= 15 is 0 Å². The van der Waals surface area contributed by atoms with E-state index in [0.717, 1.165) is 44.4 Å². The average molecular weight is 537 g/mol. The van der Waals surface area contributed by atoms with E-state index in [1.165, 1.54) is 11.3 Å². The number of carbonyl (C=O) groups is 1. The van der Waals surface area contributed by atoms with Crippen LogP contribution in [0.5, 0.6) is 0 Å². The summed E-state index contributed by atoms with van der Waals surface area (Å²) < 4.78 is 3.60. The minimum Gasteiger partial charge on any atom is -0.339 e. The minimum atomic E-state index is -0.0958. The monoisotopic (exact) mass is 536 g/mol. The summed E-state index contributed by atoms with van der Waals surface area (Å²) in [5.74, 6) is 1.31. The molecule has 5 aromatic rings. The Labute approximate surface area is 229 Å². The number of aromatic nitrogens is 3. The van der Waals surface area contributed by atoms with Crippen LogP contribution in [0.4, 0.5) is 11.5 Å². The van der Waals surface area contributed by atoms with Gasteiger partial charge in [0, 0.05) is 24.7 Å². The standard InChI is InChI=1S/C29H24N6OS2/c1-18-30-27(26-28(31-18)34(29(37)38-26)23-11-7-4-8-12-23)32-22-15-13-20(14-16-22)24-17-25(35(33-24)19(2)36)21-9-5-3-6-10-21/h3-16,25H,17H2,1-2H3,(H,30,31,32). The third kappa shape index (κ3) is 4.51. The number of aryl methyl sites for hydroxylation is 1. The maximum Gasteiger partial charge on any atom is 0.240 e. The van der Waals surface area contributed by atoms with Gasteiger partial charge in [-0.2, -0.15) is 5.10 Å². The van der Waals surface area contributed by atoms with E-state index in [1.807, 2.05) is 96.4 Å². The molecular formula is C29H24N6OS2. The van der Waals surface area contributed by atoms with Gasteiger partial charge in [0.25, 0.3) is 0 Å². The molecule has 0 fully saturated rings. The fourth-order valence-corrected chi connectivity index (χ4v) is 6.02. The summed E-state index contributed by atoms with van der Waals surface area (Å²) in [5, 5.41) is 9.71. The van der Waals surface area contributed by atoms with E-state index in [0.29, 0.717) is 16.2 Å². The molecule has 3 aromatic carbocycles. The van der Waals surface area contributed by atoms with Crippen molar-refractivity contribution < 1.29 is 4.79 Å². The topological polar surface area (TPSA) is 75.4 Å². The normalized spacial score (nSPS) is 15.1. The van der Waals surface area contributed by atoms with Gasteiger partial charge in [-0.3, -0.25) is 9.36 Å². The second kappa shape index (κ2) is 9.92. The molecule has 2 aromatic heterocycles. The quantitative estimate of drug-likeness (QED) is 0.246. The molecule has 0 spiro atoms. The summed E-state index contributed by atoms with van der Waals surface area (Å²) in [7, 11) is 0. The van der Waals surface area contributed by atoms with Gasteiger partial charge < -0.3 is 5.32 Å². The molecular weight excluding hydrogens is 512 g/mol. The van der Waals surface area contributed by atoms with Crippen molar-refractivity contribution in [3.8, 4) is 5.69 Å². The number of para-hydroxylation sites is 1. The first-order chi connectivity index (χ1) is 18.5. The molecule has 0 radical (unpaired) electrons. The van der Waals surface area contributed by atoms with Crippen molar-refractivity contribution in [2.24, 2.45) is 5.10 Å². The molecule has 188 valence electrons. The number of amides is 1. The number of nitrogens with zero attached hydrogens (tertiary/aromatic N) is 5. The van der Waals surface area contributed by atoms with Gasteiger partial charge in [0.1, 0.15) is 10.5 Å². The number of carbonyl (C=O) groups excluding carboxylic acids is 1. The fourth-order valence-electron chi connectivity index (χ4n) is 4.69. The van der Waals surface area contributed by atoms with Gasteiger partial charge in [-0.1, -0.05) is 72.0 Å². The highest BCUT2D eigenvalue weighted by Crippen LogP contribution is 2.34. The lowest BCUT2D eigenvalue weighted by Crippen LogP contribution is -2.24. The molecule has 38 heavy (non-hydrogen) atoms. The number of hydrogen-bond donors (Lipinski definition) is 1. The molecule has 1 aliphatic rings. The number of benzene rings is 3. The number of fused-ring (bicyclic) bond motifs is 1. The molecule has 9 heteroatoms. The van der Waals surface area contributed by atoms with Crippen LogP contribution in [0.1, 0.15) is 36.3 Å². The first-order valence-corrected chi connectivity index (χ1v) is 13.5. The van der Waals surface area contributed by atoms with Crippen LogP contribution in [-0.4, -0.2) is 31.2 Å². The molecule has 0 saturated carbocycles. The smallest absolute Gasteiger partial charge is 0.240 e. The van der Waals surface area contributed by atoms with E-state index in [4.69, 9.17) is 17.2 Å². The van der Waals surface area contributed by atoms with Gasteiger partial charge in [0.2, 0.25) is 5.91 Å². The van der Waals surface area contributed by atoms with Gasteiger partial charge in [-0.25, -0.2) is 15.0 Å². The summed E-state index contributed by atoms with van der Waals surface area (Å²) in [5.41, 5.74) is 5.60. The predicted molar refractivity (Wildman–Crippen MR) is 155 cm³/mol. The number of hydrogen-bond acceptors (Lipinski definition) is 7. The first-order valence-electron chi connectivity index (χ1n) is 12.2. The Kier molecular flexibility index (Phi) is 6.30. The van der Waals surface area contributed by atoms with Crippen LogP contribution in [0.25, 0.3) is 16.0 Å². The average Bonchev–Trinajstić information content (AvgIpc) is 3.52. The Hall–Kier alpha value is -4.21. The number of thiazole rings is 1. The van der Waals surface area contributed by atoms with Gasteiger partial charge in [-0.05, 0) is 54.5 Å². The predicted octanol–water partition coefficient (Wildman–Crippen LogP) is 6.96. The lowest BCUT2D eigenvalue weighted by molar-refractivity contribution is -0.130. The Bertz CT molecular complexity index is 1730. The molecule has 1 atom stereocenters. The van der Waals surface area contributed by atoms with Crippen LogP contribution >= 0.6 is 23.6 Å². The van der Waals surface area contributed by atoms with Crippen molar-refractivity contribution in [2.45, 2.75) is 26.3 Å². The molecule has 7 nitrogen and oxygen atoms in total. The summed E-state index contributed by atoms with van der Waals surface area (Å²) >= 11 is 7.18. The van der Waals surface area contributed by atoms with E-state index in [-0.39, 0.29) is 11.9 Å². The van der Waals surface area contributed by atoms with Crippen molar-refractivity contribution in [3.05, 3.63) is 106 Å². The van der Waals surface area contributed by atoms with Crippen LogP contribution in [-0.2, 0) is 4.79 Å². The van der Waals surface area contributed by atoms with E-state index < -0.39 is 0 Å². The van der Waals surface area contributed by atoms with Crippen LogP contribution < -0.4 is 5.32 Å². The van der Waals surface area contributed by atoms with E-state index in [9.17, 15) is 4.79 Å². The molecule has 0 aliphatic carbocycles. The third-order valence-electron chi connectivity index (χ3n) is 6.46. The Morgan fingerprint density at radius 1 is 0.974 bits per heavy atom. The number of nitrogens with one attached hydrogen (secondary N) is 1. The summed E-state index contributed by atoms with van der Waals surface area (Å²) in [6.07, 6.45) is 0.665. The Morgan fingerprint density at radius 2 is 1.66 bits per heavy atom. The van der Waals surface area contributed by atoms with E-state index in [1.54, 1.807) is 11.9 Å². The molecule has 0 saturated heterocycles. The Balaban J connectivity index is 1.29. The van der Waals surface area contributed by atoms with Crippen molar-refractivity contribution in [3.63, 3.8) is 0 Å². The maximum absolute atomic E-state index is 12.3. The zero-order chi connectivity index (χ0) is 26.2. The molecule has 1 unspecified atom stereocenters. The highest BCUT2D eigenvalue weighted by molar-refractivity contribution is 7.73. The number of hydrazone groups is 1. The Morgan fingerprint density at radius 3 is 2.34 bits per heavy atom. The summed E-state index contributed by atoms with van der Waals surface area (Å²) in [6.45, 7) is 3.44. The lowest BCUT2D eigenvalue weighted by atomic mass is 9.98. The molecule has 1 amide bonds. The van der Waals surface area contributed by atoms with Gasteiger partial charge in [0.05, 0.1) is 11.8 Å². The SMILES string of the molecule is CC(=O)N1N=C(c2ccc(Nc3nc(C)nc4c3sc(=S)n4-c3ccccc3)cc2)CC1c1ccccc1. The summed E-state index contributed by atoms with van der Waals surface area (Å²) in [6, 6.07) is 28.0. The fraction of sp³-hybridized carbons (Fsp3) is 0.138. The number of rotatable bonds is 5. The second-order valence-electron chi connectivity index (χ2n) is 9.05. The van der Waals surface area contributed by atoms with Crippen molar-refractivity contribution >= 4 is 57.0 Å². The highest BCUT2D eigenvalue weighted by atomic mass is 32.1. The zero-order valence-corrected chi connectivity index (χ0v) is 22.5. The van der Waals surface area contributed by atoms with Crippen LogP contribution in [0.3, 0.4) is 0 Å². The minimum absolute atomic E-state index is 0.0694. The zero-order valence-electron chi connectivity index (χ0n) is 20.8. The first kappa shape index (κ1) is 24.1. The van der Waals surface area contributed by atoms with Crippen molar-refractivity contribution in [1.82, 2.24) is 19.5 Å². The van der Waals surface area contributed by atoms with Crippen LogP contribution in [0.15, 0.2) is 90.0 Å². The lowest BCUT2D eigenvalue weighted by Gasteiger charge is -2.20. The largest absolute Gasteiger partial charge is 0.339 e. The van der Waals surface area contributed by atoms with Gasteiger partial charge in [-0.15, -0.1) is 0 Å². The highest BCUT2D eigenvalue weighted by Gasteiger charge is 2.31. The molecule has 1 aliphatic heterocycles. The van der Waals surface area contributed by atoms with Gasteiger partial charge in [0.15, 0.2) is 15.4 Å². The van der Waals surface area contributed by atoms with Crippen LogP contribution in [0.2, 0.25) is 0 Å². The molecule has 6 rings (SSSR count). The molecule has 3 heterocycles. The van der Waals surface area contributed by atoms with Crippen LogP contribution in [0, 0.1) is 10.9 Å². The maximum atomic E-state index is 12.3. The molecule has 1 N–H and O–H groups in total. The van der Waals surface area contributed by atoms with Gasteiger partial charge >= 0.3 is 0 Å². The van der Waals surface area contributed by atoms with Crippen molar-refractivity contribution in [1.29, 1.82) is 0 Å². The summed E-state index contributed by atoms with van der Waals surface area (Å²) in [4.78, 5) is 21.7. The molecule has 0 bridgehead atoms. The second-order valence-corrected chi connectivity index (χ2v) is 10.7. The number of anilines is 2.